The van der Waals surface area contributed by atoms with E-state index in [9.17, 15) is 5.11 Å². The summed E-state index contributed by atoms with van der Waals surface area (Å²) in [6.45, 7) is 0.866. The third-order valence-electron chi connectivity index (χ3n) is 3.88. The van der Waals surface area contributed by atoms with Gasteiger partial charge in [0, 0.05) is 40.4 Å². The monoisotopic (exact) mass is 423 g/mol. The Balaban J connectivity index is 1.84. The van der Waals surface area contributed by atoms with Gasteiger partial charge in [-0.2, -0.15) is 0 Å². The zero-order chi connectivity index (χ0) is 19.2. The van der Waals surface area contributed by atoms with Gasteiger partial charge in [-0.1, -0.05) is 53.2 Å². The first-order valence-electron chi connectivity index (χ1n) is 8.34. The van der Waals surface area contributed by atoms with Crippen LogP contribution in [0.2, 0.25) is 10.0 Å². The van der Waals surface area contributed by atoms with Gasteiger partial charge in [0.15, 0.2) is 5.16 Å². The number of benzene rings is 2. The van der Waals surface area contributed by atoms with Gasteiger partial charge in [-0.15, -0.1) is 0 Å². The number of nitrogens with one attached hydrogen (secondary N) is 1. The number of aliphatic hydroxyl groups is 1. The lowest BCUT2D eigenvalue weighted by Crippen LogP contribution is -2.14. The minimum atomic E-state index is -0.771. The van der Waals surface area contributed by atoms with Crippen LogP contribution in [-0.4, -0.2) is 41.1 Å². The molecule has 142 valence electrons. The van der Waals surface area contributed by atoms with Crippen molar-refractivity contribution in [2.75, 3.05) is 31.3 Å². The van der Waals surface area contributed by atoms with E-state index in [-0.39, 0.29) is 6.54 Å². The van der Waals surface area contributed by atoms with Crippen molar-refractivity contribution in [1.29, 1.82) is 0 Å². The molecule has 1 aromatic heterocycles. The SMILES string of the molecule is COCCSc1nc(NCC(O)c2ccccc2Cl)c2cc(Cl)ccc2n1. The minimum Gasteiger partial charge on any atom is -0.387 e. The zero-order valence-electron chi connectivity index (χ0n) is 14.7. The number of halogens is 2. The predicted octanol–water partition coefficient (Wildman–Crippen LogP) is 4.82. The van der Waals surface area contributed by atoms with E-state index < -0.39 is 6.10 Å². The predicted molar refractivity (Wildman–Crippen MR) is 112 cm³/mol. The van der Waals surface area contributed by atoms with Crippen molar-refractivity contribution in [3.05, 3.63) is 58.1 Å². The van der Waals surface area contributed by atoms with E-state index in [1.165, 1.54) is 11.8 Å². The van der Waals surface area contributed by atoms with Gasteiger partial charge in [0.2, 0.25) is 0 Å². The maximum Gasteiger partial charge on any atom is 0.190 e. The topological polar surface area (TPSA) is 67.3 Å². The third kappa shape index (κ3) is 5.24. The van der Waals surface area contributed by atoms with Crippen molar-refractivity contribution in [2.45, 2.75) is 11.3 Å². The first-order chi connectivity index (χ1) is 13.1. The summed E-state index contributed by atoms with van der Waals surface area (Å²) in [5.41, 5.74) is 1.45. The molecular formula is C19H19Cl2N3O2S. The van der Waals surface area contributed by atoms with Gasteiger partial charge in [0.05, 0.1) is 18.2 Å². The molecule has 27 heavy (non-hydrogen) atoms. The zero-order valence-corrected chi connectivity index (χ0v) is 17.0. The number of thioether (sulfide) groups is 1. The lowest BCUT2D eigenvalue weighted by Gasteiger charge is -2.16. The maximum absolute atomic E-state index is 10.5. The average Bonchev–Trinajstić information content (AvgIpc) is 2.67. The molecule has 0 aliphatic carbocycles. The molecule has 3 aromatic rings. The molecule has 1 atom stereocenters. The van der Waals surface area contributed by atoms with Crippen LogP contribution >= 0.6 is 35.0 Å². The average molecular weight is 424 g/mol. The van der Waals surface area contributed by atoms with Crippen LogP contribution in [0.1, 0.15) is 11.7 Å². The fourth-order valence-electron chi connectivity index (χ4n) is 2.54. The molecule has 0 spiro atoms. The summed E-state index contributed by atoms with van der Waals surface area (Å²) in [7, 11) is 1.66. The maximum atomic E-state index is 10.5. The number of hydrogen-bond donors (Lipinski definition) is 2. The number of ether oxygens (including phenoxy) is 1. The second-order valence-corrected chi connectivity index (χ2v) is 7.68. The van der Waals surface area contributed by atoms with Gasteiger partial charge in [-0.05, 0) is 24.3 Å². The van der Waals surface area contributed by atoms with E-state index in [2.05, 4.69) is 15.3 Å². The smallest absolute Gasteiger partial charge is 0.190 e. The van der Waals surface area contributed by atoms with E-state index in [4.69, 9.17) is 27.9 Å². The summed E-state index contributed by atoms with van der Waals surface area (Å²) in [4.78, 5) is 9.15. The molecule has 2 aromatic carbocycles. The molecular weight excluding hydrogens is 405 g/mol. The number of methoxy groups -OCH3 is 1. The number of aliphatic hydroxyl groups excluding tert-OH is 1. The molecule has 1 heterocycles. The summed E-state index contributed by atoms with van der Waals surface area (Å²) in [6.07, 6.45) is -0.771. The quantitative estimate of drug-likeness (QED) is 0.307. The highest BCUT2D eigenvalue weighted by Gasteiger charge is 2.14. The summed E-state index contributed by atoms with van der Waals surface area (Å²) < 4.78 is 5.08. The molecule has 0 radical (unpaired) electrons. The highest BCUT2D eigenvalue weighted by molar-refractivity contribution is 7.99. The molecule has 0 saturated heterocycles. The number of hydrogen-bond acceptors (Lipinski definition) is 6. The number of fused-ring (bicyclic) bond motifs is 1. The second-order valence-electron chi connectivity index (χ2n) is 5.78. The fourth-order valence-corrected chi connectivity index (χ4v) is 3.73. The van der Waals surface area contributed by atoms with Gasteiger partial charge in [-0.3, -0.25) is 0 Å². The number of anilines is 1. The number of rotatable bonds is 8. The van der Waals surface area contributed by atoms with Gasteiger partial charge in [-0.25, -0.2) is 9.97 Å². The second kappa shape index (κ2) is 9.57. The van der Waals surface area contributed by atoms with Crippen LogP contribution in [0.15, 0.2) is 47.6 Å². The first-order valence-corrected chi connectivity index (χ1v) is 10.1. The van der Waals surface area contributed by atoms with Crippen LogP contribution in [0, 0.1) is 0 Å². The Hall–Kier alpha value is -1.57. The van der Waals surface area contributed by atoms with Crippen molar-refractivity contribution in [1.82, 2.24) is 9.97 Å². The van der Waals surface area contributed by atoms with Gasteiger partial charge >= 0.3 is 0 Å². The summed E-state index contributed by atoms with van der Waals surface area (Å²) in [5, 5.41) is 16.3. The van der Waals surface area contributed by atoms with E-state index in [0.717, 1.165) is 16.7 Å². The fraction of sp³-hybridized carbons (Fsp3) is 0.263. The van der Waals surface area contributed by atoms with Crippen LogP contribution in [0.4, 0.5) is 5.82 Å². The Labute approximate surface area is 172 Å². The highest BCUT2D eigenvalue weighted by atomic mass is 35.5. The normalized spacial score (nSPS) is 12.3. The standard InChI is InChI=1S/C19H19Cl2N3O2S/c1-26-8-9-27-19-23-16-7-6-12(20)10-14(16)18(24-19)22-11-17(25)13-4-2-3-5-15(13)21/h2-7,10,17,25H,8-9,11H2,1H3,(H,22,23,24). The number of nitrogens with zero attached hydrogens (tertiary/aromatic N) is 2. The van der Waals surface area contributed by atoms with Gasteiger partial charge in [0.1, 0.15) is 5.82 Å². The van der Waals surface area contributed by atoms with Crippen LogP contribution in [-0.2, 0) is 4.74 Å². The van der Waals surface area contributed by atoms with E-state index in [0.29, 0.717) is 33.2 Å². The van der Waals surface area contributed by atoms with Crippen LogP contribution in [0.25, 0.3) is 10.9 Å². The van der Waals surface area contributed by atoms with Gasteiger partial charge in [0.25, 0.3) is 0 Å². The third-order valence-corrected chi connectivity index (χ3v) is 5.27. The largest absolute Gasteiger partial charge is 0.387 e. The number of aromatic nitrogens is 2. The molecule has 0 aliphatic rings. The van der Waals surface area contributed by atoms with E-state index in [1.54, 1.807) is 25.3 Å². The molecule has 1 unspecified atom stereocenters. The molecule has 0 amide bonds. The van der Waals surface area contributed by atoms with E-state index in [1.807, 2.05) is 24.3 Å². The molecule has 8 heteroatoms. The molecule has 3 rings (SSSR count). The van der Waals surface area contributed by atoms with Crippen molar-refractivity contribution >= 4 is 51.7 Å². The van der Waals surface area contributed by atoms with Crippen molar-refractivity contribution in [3.8, 4) is 0 Å². The van der Waals surface area contributed by atoms with Crippen molar-refractivity contribution < 1.29 is 9.84 Å². The minimum absolute atomic E-state index is 0.255. The van der Waals surface area contributed by atoms with Crippen molar-refractivity contribution in [3.63, 3.8) is 0 Å². The molecule has 0 saturated carbocycles. The first kappa shape index (κ1) is 20.2. The molecule has 5 nitrogen and oxygen atoms in total. The lowest BCUT2D eigenvalue weighted by molar-refractivity contribution is 0.191. The summed E-state index contributed by atoms with van der Waals surface area (Å²) >= 11 is 13.8. The van der Waals surface area contributed by atoms with Crippen LogP contribution in [0.3, 0.4) is 0 Å². The van der Waals surface area contributed by atoms with Crippen LogP contribution < -0.4 is 5.32 Å². The van der Waals surface area contributed by atoms with E-state index >= 15 is 0 Å². The molecule has 0 bridgehead atoms. The van der Waals surface area contributed by atoms with Gasteiger partial charge < -0.3 is 15.2 Å². The summed E-state index contributed by atoms with van der Waals surface area (Å²) in [5.74, 6) is 1.37. The Morgan fingerprint density at radius 1 is 1.19 bits per heavy atom. The molecule has 0 aliphatic heterocycles. The van der Waals surface area contributed by atoms with Crippen LogP contribution in [0.5, 0.6) is 0 Å². The molecule has 0 fully saturated rings. The Bertz CT molecular complexity index is 927. The summed E-state index contributed by atoms with van der Waals surface area (Å²) in [6, 6.07) is 12.7. The van der Waals surface area contributed by atoms with Crippen molar-refractivity contribution in [2.24, 2.45) is 0 Å². The molecule has 2 N–H and O–H groups in total. The Kier molecular flexibility index (Phi) is 7.15. The lowest BCUT2D eigenvalue weighted by atomic mass is 10.1. The Morgan fingerprint density at radius 3 is 2.78 bits per heavy atom. The Morgan fingerprint density at radius 2 is 2.00 bits per heavy atom. The highest BCUT2D eigenvalue weighted by Crippen LogP contribution is 2.28.